The summed E-state index contributed by atoms with van der Waals surface area (Å²) in [6, 6.07) is 4.60. The maximum atomic E-state index is 13.0. The van der Waals surface area contributed by atoms with Gasteiger partial charge in [0, 0.05) is 24.8 Å². The van der Waals surface area contributed by atoms with Gasteiger partial charge in [0.2, 0.25) is 5.91 Å². The lowest BCUT2D eigenvalue weighted by atomic mass is 10.3. The zero-order valence-electron chi connectivity index (χ0n) is 10.7. The Balaban J connectivity index is 1.86. The quantitative estimate of drug-likeness (QED) is 0.885. The van der Waals surface area contributed by atoms with E-state index in [2.05, 4.69) is 15.5 Å². The zero-order chi connectivity index (χ0) is 13.8. The van der Waals surface area contributed by atoms with E-state index in [9.17, 15) is 9.18 Å². The topological polar surface area (TPSA) is 44.4 Å². The highest BCUT2D eigenvalue weighted by atomic mass is 35.5. The van der Waals surface area contributed by atoms with Crippen molar-refractivity contribution in [2.45, 2.75) is 12.5 Å². The Labute approximate surface area is 116 Å². The number of rotatable bonds is 4. The van der Waals surface area contributed by atoms with Crippen molar-refractivity contribution < 1.29 is 9.18 Å². The van der Waals surface area contributed by atoms with Gasteiger partial charge >= 0.3 is 0 Å². The third kappa shape index (κ3) is 3.89. The molecule has 104 valence electrons. The Morgan fingerprint density at radius 1 is 1.58 bits per heavy atom. The van der Waals surface area contributed by atoms with Crippen LogP contribution < -0.4 is 10.6 Å². The number of amides is 1. The summed E-state index contributed by atoms with van der Waals surface area (Å²) >= 11 is 5.66. The molecule has 0 bridgehead atoms. The monoisotopic (exact) mass is 285 g/mol. The normalized spacial score (nSPS) is 19.6. The van der Waals surface area contributed by atoms with Crippen LogP contribution in [0.4, 0.5) is 10.1 Å². The van der Waals surface area contributed by atoms with Gasteiger partial charge in [0.1, 0.15) is 5.82 Å². The van der Waals surface area contributed by atoms with Crippen LogP contribution in [0.5, 0.6) is 0 Å². The number of likely N-dealkylation sites (tertiary alicyclic amines) is 1. The fraction of sp³-hybridized carbons (Fsp3) is 0.462. The lowest BCUT2D eigenvalue weighted by Crippen LogP contribution is -2.34. The van der Waals surface area contributed by atoms with Gasteiger partial charge in [-0.1, -0.05) is 11.6 Å². The minimum Gasteiger partial charge on any atom is -0.325 e. The van der Waals surface area contributed by atoms with Gasteiger partial charge in [-0.25, -0.2) is 4.39 Å². The minimum atomic E-state index is -0.490. The maximum Gasteiger partial charge on any atom is 0.238 e. The second-order valence-electron chi connectivity index (χ2n) is 4.69. The fourth-order valence-corrected chi connectivity index (χ4v) is 2.37. The van der Waals surface area contributed by atoms with Crippen molar-refractivity contribution in [3.8, 4) is 0 Å². The summed E-state index contributed by atoms with van der Waals surface area (Å²) in [5.41, 5.74) is 0.515. The van der Waals surface area contributed by atoms with Gasteiger partial charge in [-0.2, -0.15) is 0 Å². The lowest BCUT2D eigenvalue weighted by molar-refractivity contribution is -0.117. The number of halogens is 2. The summed E-state index contributed by atoms with van der Waals surface area (Å²) in [7, 11) is 1.93. The molecule has 19 heavy (non-hydrogen) atoms. The van der Waals surface area contributed by atoms with Crippen molar-refractivity contribution in [3.05, 3.63) is 29.0 Å². The number of nitrogens with zero attached hydrogens (tertiary/aromatic N) is 1. The van der Waals surface area contributed by atoms with E-state index in [0.717, 1.165) is 19.5 Å². The van der Waals surface area contributed by atoms with Gasteiger partial charge in [-0.3, -0.25) is 9.69 Å². The van der Waals surface area contributed by atoms with Crippen LogP contribution in [-0.2, 0) is 4.79 Å². The van der Waals surface area contributed by atoms with E-state index in [-0.39, 0.29) is 10.9 Å². The number of anilines is 1. The Morgan fingerprint density at radius 2 is 2.37 bits per heavy atom. The SMILES string of the molecule is CNC1CCN(CC(=O)Nc2ccc(F)c(Cl)c2)C1. The van der Waals surface area contributed by atoms with Gasteiger partial charge in [0.15, 0.2) is 0 Å². The van der Waals surface area contributed by atoms with Crippen LogP contribution in [-0.4, -0.2) is 43.5 Å². The second kappa shape index (κ2) is 6.32. The van der Waals surface area contributed by atoms with E-state index in [1.165, 1.54) is 18.2 Å². The summed E-state index contributed by atoms with van der Waals surface area (Å²) < 4.78 is 13.0. The summed E-state index contributed by atoms with van der Waals surface area (Å²) in [6.07, 6.45) is 1.05. The van der Waals surface area contributed by atoms with Crippen LogP contribution in [0.3, 0.4) is 0 Å². The predicted octanol–water partition coefficient (Wildman–Crippen LogP) is 1.71. The standard InChI is InChI=1S/C13H17ClFN3O/c1-16-10-4-5-18(7-10)8-13(19)17-9-2-3-12(15)11(14)6-9/h2-3,6,10,16H,4-5,7-8H2,1H3,(H,17,19). The summed E-state index contributed by atoms with van der Waals surface area (Å²) in [6.45, 7) is 2.12. The Hall–Kier alpha value is -1.17. The molecule has 0 aliphatic carbocycles. The Kier molecular flexibility index (Phi) is 4.74. The van der Waals surface area contributed by atoms with Crippen molar-refractivity contribution in [1.82, 2.24) is 10.2 Å². The molecule has 0 spiro atoms. The van der Waals surface area contributed by atoms with Crippen LogP contribution in [0.1, 0.15) is 6.42 Å². The summed E-state index contributed by atoms with van der Waals surface area (Å²) in [5, 5.41) is 5.92. The molecule has 1 atom stereocenters. The molecular formula is C13H17ClFN3O. The third-order valence-electron chi connectivity index (χ3n) is 3.25. The molecule has 0 aromatic heterocycles. The molecule has 1 amide bonds. The summed E-state index contributed by atoms with van der Waals surface area (Å²) in [5.74, 6) is -0.601. The van der Waals surface area contributed by atoms with E-state index in [1.807, 2.05) is 7.05 Å². The number of hydrogen-bond acceptors (Lipinski definition) is 3. The molecule has 1 aliphatic rings. The highest BCUT2D eigenvalue weighted by Crippen LogP contribution is 2.19. The minimum absolute atomic E-state index is 0.00854. The maximum absolute atomic E-state index is 13.0. The highest BCUT2D eigenvalue weighted by Gasteiger charge is 2.22. The molecule has 1 unspecified atom stereocenters. The molecule has 2 N–H and O–H groups in total. The third-order valence-corrected chi connectivity index (χ3v) is 3.54. The van der Waals surface area contributed by atoms with E-state index in [1.54, 1.807) is 0 Å². The van der Waals surface area contributed by atoms with Gasteiger partial charge in [0.25, 0.3) is 0 Å². The number of benzene rings is 1. The van der Waals surface area contributed by atoms with Crippen LogP contribution in [0.15, 0.2) is 18.2 Å². The van der Waals surface area contributed by atoms with Gasteiger partial charge in [0.05, 0.1) is 11.6 Å². The molecule has 1 saturated heterocycles. The first-order chi connectivity index (χ1) is 9.08. The average Bonchev–Trinajstić information content (AvgIpc) is 2.81. The van der Waals surface area contributed by atoms with E-state index in [4.69, 9.17) is 11.6 Å². The molecule has 1 aliphatic heterocycles. The molecule has 1 heterocycles. The smallest absolute Gasteiger partial charge is 0.238 e. The number of carbonyl (C=O) groups excluding carboxylic acids is 1. The van der Waals surface area contributed by atoms with E-state index >= 15 is 0 Å². The number of nitrogens with one attached hydrogen (secondary N) is 2. The van der Waals surface area contributed by atoms with Gasteiger partial charge in [-0.15, -0.1) is 0 Å². The number of hydrogen-bond donors (Lipinski definition) is 2. The molecule has 4 nitrogen and oxygen atoms in total. The summed E-state index contributed by atoms with van der Waals surface area (Å²) in [4.78, 5) is 13.9. The lowest BCUT2D eigenvalue weighted by Gasteiger charge is -2.15. The largest absolute Gasteiger partial charge is 0.325 e. The van der Waals surface area contributed by atoms with Crippen molar-refractivity contribution in [1.29, 1.82) is 0 Å². The van der Waals surface area contributed by atoms with Crippen LogP contribution in [0, 0.1) is 5.82 Å². The Morgan fingerprint density at radius 3 is 3.00 bits per heavy atom. The molecule has 1 fully saturated rings. The molecular weight excluding hydrogens is 269 g/mol. The van der Waals surface area contributed by atoms with Gasteiger partial charge < -0.3 is 10.6 Å². The zero-order valence-corrected chi connectivity index (χ0v) is 11.5. The number of carbonyl (C=O) groups is 1. The first-order valence-electron chi connectivity index (χ1n) is 6.23. The van der Waals surface area contributed by atoms with Crippen LogP contribution in [0.2, 0.25) is 5.02 Å². The van der Waals surface area contributed by atoms with Crippen LogP contribution >= 0.6 is 11.6 Å². The first-order valence-corrected chi connectivity index (χ1v) is 6.61. The first kappa shape index (κ1) is 14.2. The highest BCUT2D eigenvalue weighted by molar-refractivity contribution is 6.31. The molecule has 1 aromatic rings. The molecule has 6 heteroatoms. The molecule has 0 radical (unpaired) electrons. The molecule has 1 aromatic carbocycles. The number of likely N-dealkylation sites (N-methyl/N-ethyl adjacent to an activating group) is 1. The second-order valence-corrected chi connectivity index (χ2v) is 5.09. The van der Waals surface area contributed by atoms with E-state index in [0.29, 0.717) is 18.3 Å². The van der Waals surface area contributed by atoms with E-state index < -0.39 is 5.82 Å². The van der Waals surface area contributed by atoms with Gasteiger partial charge in [-0.05, 0) is 31.7 Å². The fourth-order valence-electron chi connectivity index (χ4n) is 2.19. The van der Waals surface area contributed by atoms with Crippen molar-refractivity contribution in [3.63, 3.8) is 0 Å². The Bertz CT molecular complexity index is 469. The predicted molar refractivity (Wildman–Crippen MR) is 73.9 cm³/mol. The average molecular weight is 286 g/mol. The molecule has 2 rings (SSSR count). The van der Waals surface area contributed by atoms with Crippen molar-refractivity contribution in [2.24, 2.45) is 0 Å². The van der Waals surface area contributed by atoms with Crippen LogP contribution in [0.25, 0.3) is 0 Å². The molecule has 0 saturated carbocycles. The van der Waals surface area contributed by atoms with Crippen molar-refractivity contribution in [2.75, 3.05) is 32.0 Å². The van der Waals surface area contributed by atoms with Crippen molar-refractivity contribution >= 4 is 23.2 Å².